The molecule has 0 spiro atoms. The van der Waals surface area contributed by atoms with Crippen molar-refractivity contribution in [3.05, 3.63) is 23.8 Å². The third-order valence-electron chi connectivity index (χ3n) is 2.97. The van der Waals surface area contributed by atoms with E-state index in [1.165, 1.54) is 5.56 Å². The van der Waals surface area contributed by atoms with Gasteiger partial charge in [0.25, 0.3) is 0 Å². The van der Waals surface area contributed by atoms with Crippen LogP contribution in [-0.4, -0.2) is 24.6 Å². The molecule has 0 radical (unpaired) electrons. The number of hydrogen-bond donors (Lipinski definition) is 1. The second-order valence-electron chi connectivity index (χ2n) is 4.63. The number of methoxy groups -OCH3 is 1. The zero-order valence-corrected chi connectivity index (χ0v) is 11.4. The van der Waals surface area contributed by atoms with Crippen LogP contribution >= 0.6 is 0 Å². The van der Waals surface area contributed by atoms with Gasteiger partial charge in [0.05, 0.1) is 7.11 Å². The number of benzene rings is 1. The second kappa shape index (κ2) is 6.50. The van der Waals surface area contributed by atoms with Crippen molar-refractivity contribution in [3.8, 4) is 5.75 Å². The first kappa shape index (κ1) is 13.8. The molecule has 0 bridgehead atoms. The predicted octanol–water partition coefficient (Wildman–Crippen LogP) is 2.90. The van der Waals surface area contributed by atoms with Crippen molar-refractivity contribution >= 4 is 5.69 Å². The Kier molecular flexibility index (Phi) is 5.29. The van der Waals surface area contributed by atoms with Crippen LogP contribution in [0.15, 0.2) is 18.2 Å². The van der Waals surface area contributed by atoms with Crippen molar-refractivity contribution in [2.45, 2.75) is 39.8 Å². The molecule has 0 aliphatic rings. The summed E-state index contributed by atoms with van der Waals surface area (Å²) in [5.41, 5.74) is 8.02. The Morgan fingerprint density at radius 1 is 1.35 bits per heavy atom. The van der Waals surface area contributed by atoms with E-state index in [1.54, 1.807) is 7.11 Å². The Balaban J connectivity index is 2.78. The standard InChI is InChI=1S/C14H24N2O/c1-5-8-16(11(2)3)10-12-6-7-13(17-4)9-14(12)15/h6-7,9,11H,5,8,10,15H2,1-4H3. The molecule has 0 aliphatic heterocycles. The van der Waals surface area contributed by atoms with Crippen molar-refractivity contribution in [3.63, 3.8) is 0 Å². The van der Waals surface area contributed by atoms with E-state index in [0.717, 1.165) is 30.9 Å². The maximum Gasteiger partial charge on any atom is 0.120 e. The van der Waals surface area contributed by atoms with E-state index < -0.39 is 0 Å². The first-order chi connectivity index (χ1) is 8.08. The van der Waals surface area contributed by atoms with Crippen LogP contribution in [0.4, 0.5) is 5.69 Å². The highest BCUT2D eigenvalue weighted by Gasteiger charge is 2.11. The molecule has 3 nitrogen and oxygen atoms in total. The second-order valence-corrected chi connectivity index (χ2v) is 4.63. The van der Waals surface area contributed by atoms with E-state index >= 15 is 0 Å². The normalized spacial score (nSPS) is 11.2. The zero-order chi connectivity index (χ0) is 12.8. The number of ether oxygens (including phenoxy) is 1. The lowest BCUT2D eigenvalue weighted by Crippen LogP contribution is -2.31. The van der Waals surface area contributed by atoms with Gasteiger partial charge >= 0.3 is 0 Å². The van der Waals surface area contributed by atoms with Crippen molar-refractivity contribution in [1.29, 1.82) is 0 Å². The number of rotatable bonds is 6. The van der Waals surface area contributed by atoms with E-state index in [2.05, 4.69) is 31.7 Å². The molecule has 0 amide bonds. The van der Waals surface area contributed by atoms with Crippen LogP contribution in [0.2, 0.25) is 0 Å². The van der Waals surface area contributed by atoms with Gasteiger partial charge in [-0.1, -0.05) is 13.0 Å². The van der Waals surface area contributed by atoms with Crippen molar-refractivity contribution < 1.29 is 4.74 Å². The minimum atomic E-state index is 0.538. The number of nitrogen functional groups attached to an aromatic ring is 1. The zero-order valence-electron chi connectivity index (χ0n) is 11.4. The van der Waals surface area contributed by atoms with Gasteiger partial charge in [-0.2, -0.15) is 0 Å². The molecule has 1 rings (SSSR count). The minimum Gasteiger partial charge on any atom is -0.497 e. The smallest absolute Gasteiger partial charge is 0.120 e. The van der Waals surface area contributed by atoms with Crippen molar-refractivity contribution in [2.75, 3.05) is 19.4 Å². The molecule has 0 unspecified atom stereocenters. The Labute approximate surface area is 105 Å². The molecule has 17 heavy (non-hydrogen) atoms. The van der Waals surface area contributed by atoms with Gasteiger partial charge in [-0.25, -0.2) is 0 Å². The van der Waals surface area contributed by atoms with E-state index in [1.807, 2.05) is 12.1 Å². The Bertz CT molecular complexity index is 350. The summed E-state index contributed by atoms with van der Waals surface area (Å²) < 4.78 is 5.16. The molecule has 0 saturated heterocycles. The lowest BCUT2D eigenvalue weighted by Gasteiger charge is -2.26. The minimum absolute atomic E-state index is 0.538. The van der Waals surface area contributed by atoms with Crippen LogP contribution in [0, 0.1) is 0 Å². The van der Waals surface area contributed by atoms with Gasteiger partial charge in [-0.15, -0.1) is 0 Å². The fourth-order valence-corrected chi connectivity index (χ4v) is 1.87. The largest absolute Gasteiger partial charge is 0.497 e. The molecular formula is C14H24N2O. The van der Waals surface area contributed by atoms with Gasteiger partial charge in [-0.05, 0) is 38.4 Å². The van der Waals surface area contributed by atoms with E-state index in [-0.39, 0.29) is 0 Å². The number of hydrogen-bond acceptors (Lipinski definition) is 3. The van der Waals surface area contributed by atoms with Gasteiger partial charge in [0.1, 0.15) is 5.75 Å². The maximum absolute atomic E-state index is 6.03. The highest BCUT2D eigenvalue weighted by Crippen LogP contribution is 2.21. The topological polar surface area (TPSA) is 38.5 Å². The summed E-state index contributed by atoms with van der Waals surface area (Å²) in [5, 5.41) is 0. The molecule has 1 aromatic carbocycles. The van der Waals surface area contributed by atoms with Crippen LogP contribution in [0.5, 0.6) is 5.75 Å². The van der Waals surface area contributed by atoms with Crippen LogP contribution in [-0.2, 0) is 6.54 Å². The molecule has 0 fully saturated rings. The quantitative estimate of drug-likeness (QED) is 0.772. The van der Waals surface area contributed by atoms with Crippen LogP contribution in [0.25, 0.3) is 0 Å². The third kappa shape index (κ3) is 3.93. The lowest BCUT2D eigenvalue weighted by molar-refractivity contribution is 0.213. The third-order valence-corrected chi connectivity index (χ3v) is 2.97. The molecule has 96 valence electrons. The molecule has 3 heteroatoms. The van der Waals surface area contributed by atoms with Crippen LogP contribution < -0.4 is 10.5 Å². The fourth-order valence-electron chi connectivity index (χ4n) is 1.87. The first-order valence-corrected chi connectivity index (χ1v) is 6.25. The van der Waals surface area contributed by atoms with Gasteiger partial charge in [0.2, 0.25) is 0 Å². The highest BCUT2D eigenvalue weighted by atomic mass is 16.5. The summed E-state index contributed by atoms with van der Waals surface area (Å²) in [6, 6.07) is 6.45. The molecular weight excluding hydrogens is 212 g/mol. The monoisotopic (exact) mass is 236 g/mol. The first-order valence-electron chi connectivity index (χ1n) is 6.25. The van der Waals surface area contributed by atoms with E-state index in [4.69, 9.17) is 10.5 Å². The molecule has 0 heterocycles. The Morgan fingerprint density at radius 3 is 2.53 bits per heavy atom. The van der Waals surface area contributed by atoms with Gasteiger partial charge < -0.3 is 10.5 Å². The van der Waals surface area contributed by atoms with Crippen LogP contribution in [0.1, 0.15) is 32.8 Å². The Hall–Kier alpha value is -1.22. The number of nitrogens with zero attached hydrogens (tertiary/aromatic N) is 1. The summed E-state index contributed by atoms with van der Waals surface area (Å²) in [4.78, 5) is 2.43. The van der Waals surface area contributed by atoms with E-state index in [0.29, 0.717) is 6.04 Å². The molecule has 2 N–H and O–H groups in total. The molecule has 0 aromatic heterocycles. The fraction of sp³-hybridized carbons (Fsp3) is 0.571. The lowest BCUT2D eigenvalue weighted by atomic mass is 10.1. The average molecular weight is 236 g/mol. The molecule has 1 aromatic rings. The highest BCUT2D eigenvalue weighted by molar-refractivity contribution is 5.51. The molecule has 0 saturated carbocycles. The molecule has 0 atom stereocenters. The van der Waals surface area contributed by atoms with Gasteiger partial charge in [0.15, 0.2) is 0 Å². The van der Waals surface area contributed by atoms with Gasteiger partial charge in [0, 0.05) is 24.3 Å². The predicted molar refractivity (Wildman–Crippen MR) is 73.2 cm³/mol. The molecule has 0 aliphatic carbocycles. The van der Waals surface area contributed by atoms with Crippen molar-refractivity contribution in [1.82, 2.24) is 4.90 Å². The Morgan fingerprint density at radius 2 is 2.06 bits per heavy atom. The average Bonchev–Trinajstić information content (AvgIpc) is 2.30. The summed E-state index contributed by atoms with van der Waals surface area (Å²) in [5.74, 6) is 0.817. The summed E-state index contributed by atoms with van der Waals surface area (Å²) in [6.45, 7) is 8.64. The number of nitrogens with two attached hydrogens (primary N) is 1. The van der Waals surface area contributed by atoms with Crippen LogP contribution in [0.3, 0.4) is 0 Å². The maximum atomic E-state index is 6.03. The van der Waals surface area contributed by atoms with Crippen molar-refractivity contribution in [2.24, 2.45) is 0 Å². The summed E-state index contributed by atoms with van der Waals surface area (Å²) in [7, 11) is 1.66. The summed E-state index contributed by atoms with van der Waals surface area (Å²) in [6.07, 6.45) is 1.16. The van der Waals surface area contributed by atoms with E-state index in [9.17, 15) is 0 Å². The summed E-state index contributed by atoms with van der Waals surface area (Å²) >= 11 is 0. The van der Waals surface area contributed by atoms with Gasteiger partial charge in [-0.3, -0.25) is 4.90 Å². The SMILES string of the molecule is CCCN(Cc1ccc(OC)cc1N)C(C)C. The number of anilines is 1.